The molecule has 0 spiro atoms. The van der Waals surface area contributed by atoms with Gasteiger partial charge in [-0.05, 0) is 55.7 Å². The monoisotopic (exact) mass is 290 g/mol. The number of sulfonamides is 1. The van der Waals surface area contributed by atoms with E-state index in [4.69, 9.17) is 5.73 Å². The number of nitrogen functional groups attached to an aromatic ring is 1. The van der Waals surface area contributed by atoms with E-state index >= 15 is 0 Å². The molecule has 20 heavy (non-hydrogen) atoms. The quantitative estimate of drug-likeness (QED) is 0.854. The molecule has 0 unspecified atom stereocenters. The van der Waals surface area contributed by atoms with Crippen molar-refractivity contribution in [3.63, 3.8) is 0 Å². The van der Waals surface area contributed by atoms with Crippen molar-refractivity contribution >= 4 is 21.4 Å². The van der Waals surface area contributed by atoms with Crippen LogP contribution < -0.4 is 10.5 Å². The van der Waals surface area contributed by atoms with Gasteiger partial charge < -0.3 is 5.73 Å². The maximum atomic E-state index is 12.5. The summed E-state index contributed by atoms with van der Waals surface area (Å²) in [6.07, 6.45) is 0. The summed E-state index contributed by atoms with van der Waals surface area (Å²) in [6.45, 7) is 5.58. The second kappa shape index (κ2) is 5.17. The Morgan fingerprint density at radius 2 is 1.60 bits per heavy atom. The van der Waals surface area contributed by atoms with Crippen molar-refractivity contribution in [1.82, 2.24) is 0 Å². The molecule has 4 nitrogen and oxygen atoms in total. The number of hydrogen-bond acceptors (Lipinski definition) is 3. The molecule has 2 rings (SSSR count). The number of nitrogens with one attached hydrogen (secondary N) is 1. The summed E-state index contributed by atoms with van der Waals surface area (Å²) in [5.74, 6) is 0. The summed E-state index contributed by atoms with van der Waals surface area (Å²) >= 11 is 0. The van der Waals surface area contributed by atoms with E-state index in [1.54, 1.807) is 37.3 Å². The molecule has 0 fully saturated rings. The molecule has 0 aromatic heterocycles. The Labute approximate surface area is 119 Å². The summed E-state index contributed by atoms with van der Waals surface area (Å²) in [5, 5.41) is 0. The topological polar surface area (TPSA) is 72.2 Å². The molecule has 0 saturated heterocycles. The second-order valence-corrected chi connectivity index (χ2v) is 6.59. The molecule has 0 radical (unpaired) electrons. The fraction of sp³-hybridized carbons (Fsp3) is 0.200. The third-order valence-electron chi connectivity index (χ3n) is 2.98. The third kappa shape index (κ3) is 2.93. The molecule has 0 amide bonds. The summed E-state index contributed by atoms with van der Waals surface area (Å²) in [5.41, 5.74) is 9.23. The normalized spacial score (nSPS) is 11.3. The number of rotatable bonds is 3. The first-order valence-corrected chi connectivity index (χ1v) is 7.74. The minimum absolute atomic E-state index is 0.138. The van der Waals surface area contributed by atoms with Gasteiger partial charge in [-0.2, -0.15) is 0 Å². The van der Waals surface area contributed by atoms with Crippen LogP contribution in [0.4, 0.5) is 11.4 Å². The Morgan fingerprint density at radius 3 is 2.15 bits per heavy atom. The van der Waals surface area contributed by atoms with Crippen LogP contribution in [0.1, 0.15) is 16.7 Å². The highest BCUT2D eigenvalue weighted by atomic mass is 32.2. The van der Waals surface area contributed by atoms with Gasteiger partial charge in [-0.25, -0.2) is 8.42 Å². The van der Waals surface area contributed by atoms with E-state index in [0.717, 1.165) is 11.1 Å². The molecule has 0 heterocycles. The van der Waals surface area contributed by atoms with Crippen LogP contribution in [0.5, 0.6) is 0 Å². The van der Waals surface area contributed by atoms with E-state index in [-0.39, 0.29) is 10.6 Å². The fourth-order valence-corrected chi connectivity index (χ4v) is 3.68. The van der Waals surface area contributed by atoms with Gasteiger partial charge in [0, 0.05) is 5.69 Å². The minimum Gasteiger partial charge on any atom is -0.398 e. The van der Waals surface area contributed by atoms with Crippen LogP contribution in [0.25, 0.3) is 0 Å². The molecule has 0 aliphatic rings. The van der Waals surface area contributed by atoms with Gasteiger partial charge in [0.1, 0.15) is 4.90 Å². The van der Waals surface area contributed by atoms with Crippen molar-refractivity contribution < 1.29 is 8.42 Å². The largest absolute Gasteiger partial charge is 0.398 e. The Hall–Kier alpha value is -2.01. The lowest BCUT2D eigenvalue weighted by molar-refractivity contribution is 0.601. The number of aryl methyl sites for hydroxylation is 3. The zero-order valence-corrected chi connectivity index (χ0v) is 12.6. The molecule has 0 aliphatic heterocycles. The smallest absolute Gasteiger partial charge is 0.264 e. The SMILES string of the molecule is Cc1cc(C)cc(NS(=O)(=O)c2c(C)cccc2N)c1. The average molecular weight is 290 g/mol. The summed E-state index contributed by atoms with van der Waals surface area (Å²) < 4.78 is 27.5. The van der Waals surface area contributed by atoms with Crippen LogP contribution in [0.15, 0.2) is 41.3 Å². The Morgan fingerprint density at radius 1 is 1.00 bits per heavy atom. The molecule has 2 aromatic carbocycles. The molecular weight excluding hydrogens is 272 g/mol. The Bertz CT molecular complexity index is 712. The molecule has 3 N–H and O–H groups in total. The lowest BCUT2D eigenvalue weighted by Gasteiger charge is -2.13. The maximum absolute atomic E-state index is 12.5. The number of hydrogen-bond donors (Lipinski definition) is 2. The van der Waals surface area contributed by atoms with Crippen LogP contribution in [-0.4, -0.2) is 8.42 Å². The lowest BCUT2D eigenvalue weighted by atomic mass is 10.1. The molecular formula is C15H18N2O2S. The van der Waals surface area contributed by atoms with Crippen molar-refractivity contribution in [3.05, 3.63) is 53.1 Å². The highest BCUT2D eigenvalue weighted by Gasteiger charge is 2.20. The molecule has 0 atom stereocenters. The van der Waals surface area contributed by atoms with Crippen LogP contribution in [0.2, 0.25) is 0 Å². The van der Waals surface area contributed by atoms with E-state index in [0.29, 0.717) is 11.3 Å². The van der Waals surface area contributed by atoms with Gasteiger partial charge in [0.2, 0.25) is 0 Å². The number of nitrogens with two attached hydrogens (primary N) is 1. The molecule has 0 bridgehead atoms. The van der Waals surface area contributed by atoms with Crippen molar-refractivity contribution in [2.24, 2.45) is 0 Å². The average Bonchev–Trinajstić information content (AvgIpc) is 2.25. The first-order chi connectivity index (χ1) is 9.29. The highest BCUT2D eigenvalue weighted by Crippen LogP contribution is 2.25. The predicted octanol–water partition coefficient (Wildman–Crippen LogP) is 2.99. The molecule has 2 aromatic rings. The molecule has 0 aliphatic carbocycles. The molecule has 5 heteroatoms. The Balaban J connectivity index is 2.46. The summed E-state index contributed by atoms with van der Waals surface area (Å²) in [7, 11) is -3.68. The van der Waals surface area contributed by atoms with Gasteiger partial charge in [0.25, 0.3) is 10.0 Å². The predicted molar refractivity (Wildman–Crippen MR) is 82.3 cm³/mol. The van der Waals surface area contributed by atoms with Gasteiger partial charge >= 0.3 is 0 Å². The van der Waals surface area contributed by atoms with Gasteiger partial charge in [-0.1, -0.05) is 18.2 Å². The van der Waals surface area contributed by atoms with Crippen molar-refractivity contribution in [2.75, 3.05) is 10.5 Å². The highest BCUT2D eigenvalue weighted by molar-refractivity contribution is 7.93. The lowest BCUT2D eigenvalue weighted by Crippen LogP contribution is -2.16. The van der Waals surface area contributed by atoms with E-state index in [1.165, 1.54) is 0 Å². The van der Waals surface area contributed by atoms with Crippen LogP contribution in [0, 0.1) is 20.8 Å². The van der Waals surface area contributed by atoms with Gasteiger partial charge in [-0.3, -0.25) is 4.72 Å². The van der Waals surface area contributed by atoms with Crippen LogP contribution in [0.3, 0.4) is 0 Å². The second-order valence-electron chi connectivity index (χ2n) is 4.98. The molecule has 106 valence electrons. The van der Waals surface area contributed by atoms with Crippen molar-refractivity contribution in [1.29, 1.82) is 0 Å². The van der Waals surface area contributed by atoms with Crippen LogP contribution >= 0.6 is 0 Å². The minimum atomic E-state index is -3.68. The van der Waals surface area contributed by atoms with Crippen LogP contribution in [-0.2, 0) is 10.0 Å². The maximum Gasteiger partial charge on any atom is 0.264 e. The van der Waals surface area contributed by atoms with Crippen molar-refractivity contribution in [2.45, 2.75) is 25.7 Å². The zero-order chi connectivity index (χ0) is 14.9. The first-order valence-electron chi connectivity index (χ1n) is 6.26. The first kappa shape index (κ1) is 14.4. The van der Waals surface area contributed by atoms with E-state index in [2.05, 4.69) is 4.72 Å². The van der Waals surface area contributed by atoms with E-state index < -0.39 is 10.0 Å². The van der Waals surface area contributed by atoms with Gasteiger partial charge in [0.05, 0.1) is 5.69 Å². The summed E-state index contributed by atoms with van der Waals surface area (Å²) in [4.78, 5) is 0.138. The number of anilines is 2. The Kier molecular flexibility index (Phi) is 3.72. The zero-order valence-electron chi connectivity index (χ0n) is 11.8. The standard InChI is InChI=1S/C15H18N2O2S/c1-10-7-11(2)9-13(8-10)17-20(18,19)15-12(3)5-4-6-14(15)16/h4-9,17H,16H2,1-3H3. The number of benzene rings is 2. The van der Waals surface area contributed by atoms with Gasteiger partial charge in [-0.15, -0.1) is 0 Å². The van der Waals surface area contributed by atoms with Gasteiger partial charge in [0.15, 0.2) is 0 Å². The van der Waals surface area contributed by atoms with E-state index in [9.17, 15) is 8.42 Å². The van der Waals surface area contributed by atoms with Crippen molar-refractivity contribution in [3.8, 4) is 0 Å². The summed E-state index contributed by atoms with van der Waals surface area (Å²) in [6, 6.07) is 10.6. The fourth-order valence-electron chi connectivity index (χ4n) is 2.28. The third-order valence-corrected chi connectivity index (χ3v) is 4.58. The molecule has 0 saturated carbocycles. The van der Waals surface area contributed by atoms with E-state index in [1.807, 2.05) is 19.9 Å².